The molecule has 7 nitrogen and oxygen atoms in total. The fourth-order valence-corrected chi connectivity index (χ4v) is 2.16. The van der Waals surface area contributed by atoms with Gasteiger partial charge >= 0.3 is 11.7 Å². The van der Waals surface area contributed by atoms with Crippen LogP contribution in [0.5, 0.6) is 0 Å². The summed E-state index contributed by atoms with van der Waals surface area (Å²) in [5.41, 5.74) is 0.277. The second-order valence-corrected chi connectivity index (χ2v) is 4.55. The Hall–Kier alpha value is -2.09. The summed E-state index contributed by atoms with van der Waals surface area (Å²) < 4.78 is 1.35. The van der Waals surface area contributed by atoms with Crippen molar-refractivity contribution in [2.75, 3.05) is 0 Å². The molecule has 0 aliphatic heterocycles. The second kappa shape index (κ2) is 4.65. The van der Waals surface area contributed by atoms with Crippen LogP contribution in [-0.2, 0) is 7.05 Å². The topological polar surface area (TPSA) is 101 Å². The van der Waals surface area contributed by atoms with Gasteiger partial charge in [-0.2, -0.15) is 0 Å². The predicted molar refractivity (Wildman–Crippen MR) is 63.9 cm³/mol. The summed E-state index contributed by atoms with van der Waals surface area (Å²) in [7, 11) is 1.59. The summed E-state index contributed by atoms with van der Waals surface area (Å²) in [6.45, 7) is 1.62. The summed E-state index contributed by atoms with van der Waals surface area (Å²) in [5.74, 6) is -1.01. The summed E-state index contributed by atoms with van der Waals surface area (Å²) >= 11 is 1.19. The van der Waals surface area contributed by atoms with Gasteiger partial charge in [0.25, 0.3) is 0 Å². The lowest BCUT2D eigenvalue weighted by molar-refractivity contribution is 0.0695. The first-order chi connectivity index (χ1) is 8.49. The summed E-state index contributed by atoms with van der Waals surface area (Å²) in [4.78, 5) is 26.2. The fraction of sp³-hybridized carbons (Fsp3) is 0.200. The van der Waals surface area contributed by atoms with Gasteiger partial charge in [-0.25, -0.2) is 19.7 Å². The van der Waals surface area contributed by atoms with Crippen molar-refractivity contribution in [2.24, 2.45) is 7.05 Å². The quantitative estimate of drug-likeness (QED) is 0.846. The fourth-order valence-electron chi connectivity index (χ4n) is 1.34. The number of carboxylic acids is 1. The molecule has 0 bridgehead atoms. The van der Waals surface area contributed by atoms with Crippen molar-refractivity contribution in [3.63, 3.8) is 0 Å². The van der Waals surface area contributed by atoms with Gasteiger partial charge in [0.15, 0.2) is 5.16 Å². The molecule has 2 aromatic heterocycles. The molecule has 0 aromatic carbocycles. The molecule has 0 aliphatic carbocycles. The molecule has 0 radical (unpaired) electrons. The molecule has 0 aliphatic rings. The molecular formula is C10H10N4O3S. The Labute approximate surface area is 106 Å². The maximum atomic E-state index is 11.2. The number of aryl methyl sites for hydroxylation is 1. The van der Waals surface area contributed by atoms with E-state index in [0.717, 1.165) is 0 Å². The van der Waals surface area contributed by atoms with Crippen LogP contribution in [0.15, 0.2) is 27.1 Å². The highest BCUT2D eigenvalue weighted by molar-refractivity contribution is 7.99. The molecule has 0 unspecified atom stereocenters. The number of rotatable bonds is 3. The molecule has 2 rings (SSSR count). The zero-order chi connectivity index (χ0) is 13.3. The van der Waals surface area contributed by atoms with Crippen molar-refractivity contribution in [3.05, 3.63) is 33.9 Å². The molecule has 0 fully saturated rings. The highest BCUT2D eigenvalue weighted by Crippen LogP contribution is 2.23. The van der Waals surface area contributed by atoms with E-state index in [2.05, 4.69) is 15.2 Å². The van der Waals surface area contributed by atoms with Crippen LogP contribution in [0, 0.1) is 6.92 Å². The van der Waals surface area contributed by atoms with E-state index in [4.69, 9.17) is 5.11 Å². The monoisotopic (exact) mass is 266 g/mol. The lowest BCUT2D eigenvalue weighted by atomic mass is 10.2. The number of hydrogen-bond acceptors (Lipinski definition) is 5. The number of nitrogens with zero attached hydrogens (tertiary/aromatic N) is 3. The van der Waals surface area contributed by atoms with Gasteiger partial charge in [-0.05, 0) is 30.8 Å². The van der Waals surface area contributed by atoms with Gasteiger partial charge in [0.05, 0.1) is 11.3 Å². The Morgan fingerprint density at radius 2 is 2.22 bits per heavy atom. The van der Waals surface area contributed by atoms with Crippen molar-refractivity contribution in [3.8, 4) is 0 Å². The average molecular weight is 266 g/mol. The molecule has 0 amide bonds. The van der Waals surface area contributed by atoms with Crippen molar-refractivity contribution in [2.45, 2.75) is 17.1 Å². The van der Waals surface area contributed by atoms with E-state index >= 15 is 0 Å². The first-order valence-electron chi connectivity index (χ1n) is 4.99. The van der Waals surface area contributed by atoms with E-state index in [1.54, 1.807) is 20.0 Å². The number of aromatic amines is 1. The predicted octanol–water partition coefficient (Wildman–Crippen LogP) is 0.661. The minimum atomic E-state index is -1.01. The number of aromatic nitrogens is 4. The minimum absolute atomic E-state index is 0.162. The number of hydrogen-bond donors (Lipinski definition) is 2. The molecule has 0 atom stereocenters. The molecule has 18 heavy (non-hydrogen) atoms. The van der Waals surface area contributed by atoms with Gasteiger partial charge in [0.1, 0.15) is 5.03 Å². The van der Waals surface area contributed by atoms with Crippen LogP contribution in [-0.4, -0.2) is 30.8 Å². The van der Waals surface area contributed by atoms with E-state index in [1.165, 1.54) is 22.4 Å². The van der Waals surface area contributed by atoms with E-state index < -0.39 is 5.97 Å². The Balaban J connectivity index is 2.31. The number of nitrogens with one attached hydrogen (secondary N) is 1. The van der Waals surface area contributed by atoms with Crippen molar-refractivity contribution in [1.29, 1.82) is 0 Å². The number of carbonyl (C=O) groups is 1. The molecule has 8 heteroatoms. The van der Waals surface area contributed by atoms with Gasteiger partial charge in [-0.15, -0.1) is 5.10 Å². The highest BCUT2D eigenvalue weighted by Gasteiger charge is 2.11. The molecule has 0 spiro atoms. The van der Waals surface area contributed by atoms with Gasteiger partial charge in [-0.1, -0.05) is 0 Å². The Bertz CT molecular complexity index is 661. The van der Waals surface area contributed by atoms with E-state index in [0.29, 0.717) is 15.9 Å². The Kier molecular flexibility index (Phi) is 3.19. The SMILES string of the molecule is Cc1nc(Sc2n[nH]c(=O)n2C)ccc1C(=O)O. The summed E-state index contributed by atoms with van der Waals surface area (Å²) in [6.07, 6.45) is 0. The second-order valence-electron chi connectivity index (χ2n) is 3.56. The van der Waals surface area contributed by atoms with Crippen LogP contribution >= 0.6 is 11.8 Å². The molecule has 0 saturated carbocycles. The van der Waals surface area contributed by atoms with Crippen LogP contribution < -0.4 is 5.69 Å². The Morgan fingerprint density at radius 1 is 1.50 bits per heavy atom. The molecule has 2 aromatic rings. The van der Waals surface area contributed by atoms with Crippen molar-refractivity contribution in [1.82, 2.24) is 19.7 Å². The van der Waals surface area contributed by atoms with Gasteiger partial charge < -0.3 is 5.11 Å². The molecule has 2 N–H and O–H groups in total. The lowest BCUT2D eigenvalue weighted by Gasteiger charge is -2.03. The third-order valence-corrected chi connectivity index (χ3v) is 3.31. The first-order valence-corrected chi connectivity index (χ1v) is 5.81. The molecular weight excluding hydrogens is 256 g/mol. The summed E-state index contributed by atoms with van der Waals surface area (Å²) in [6, 6.07) is 3.07. The van der Waals surface area contributed by atoms with Gasteiger partial charge in [0.2, 0.25) is 0 Å². The normalized spacial score (nSPS) is 10.6. The average Bonchev–Trinajstić information content (AvgIpc) is 2.61. The maximum absolute atomic E-state index is 11.2. The van der Waals surface area contributed by atoms with Crippen LogP contribution in [0.4, 0.5) is 0 Å². The van der Waals surface area contributed by atoms with Crippen LogP contribution in [0.25, 0.3) is 0 Å². The zero-order valence-corrected chi connectivity index (χ0v) is 10.5. The van der Waals surface area contributed by atoms with E-state index in [9.17, 15) is 9.59 Å². The highest BCUT2D eigenvalue weighted by atomic mass is 32.2. The van der Waals surface area contributed by atoms with Crippen molar-refractivity contribution < 1.29 is 9.90 Å². The standard InChI is InChI=1S/C10H10N4O3S/c1-5-6(8(15)16)3-4-7(11-5)18-10-13-12-9(17)14(10)2/h3-4H,1-2H3,(H,12,17)(H,15,16). The van der Waals surface area contributed by atoms with Gasteiger partial charge in [0, 0.05) is 7.05 Å². The number of carboxylic acid groups (broad SMARTS) is 1. The number of aromatic carboxylic acids is 1. The smallest absolute Gasteiger partial charge is 0.343 e. The van der Waals surface area contributed by atoms with Gasteiger partial charge in [-0.3, -0.25) is 4.57 Å². The third kappa shape index (κ3) is 2.28. The number of H-pyrrole nitrogens is 1. The van der Waals surface area contributed by atoms with Crippen LogP contribution in [0.1, 0.15) is 16.1 Å². The van der Waals surface area contributed by atoms with Crippen molar-refractivity contribution >= 4 is 17.7 Å². The molecule has 94 valence electrons. The molecule has 2 heterocycles. The number of pyridine rings is 1. The van der Waals surface area contributed by atoms with Crippen LogP contribution in [0.2, 0.25) is 0 Å². The Morgan fingerprint density at radius 3 is 2.72 bits per heavy atom. The zero-order valence-electron chi connectivity index (χ0n) is 9.67. The third-order valence-electron chi connectivity index (χ3n) is 2.33. The van der Waals surface area contributed by atoms with E-state index in [-0.39, 0.29) is 11.3 Å². The first kappa shape index (κ1) is 12.4. The summed E-state index contributed by atoms with van der Waals surface area (Å²) in [5, 5.41) is 16.1. The van der Waals surface area contributed by atoms with E-state index in [1.807, 2.05) is 0 Å². The van der Waals surface area contributed by atoms with Crippen LogP contribution in [0.3, 0.4) is 0 Å². The largest absolute Gasteiger partial charge is 0.478 e. The molecule has 0 saturated heterocycles. The maximum Gasteiger partial charge on any atom is 0.343 e. The lowest BCUT2D eigenvalue weighted by Crippen LogP contribution is -2.12. The minimum Gasteiger partial charge on any atom is -0.478 e.